The van der Waals surface area contributed by atoms with Gasteiger partial charge in [0.2, 0.25) is 5.76 Å². The minimum absolute atomic E-state index is 0.0640. The topological polar surface area (TPSA) is 75.0 Å². The molecule has 0 amide bonds. The van der Waals surface area contributed by atoms with Crippen LogP contribution in [-0.2, 0) is 22.7 Å². The second kappa shape index (κ2) is 6.68. The lowest BCUT2D eigenvalue weighted by Gasteiger charge is -2.16. The standard InChI is InChI=1S/C19H14O6S/c1-22-18(20)15-7-6-12(25-15)10-24-19(21)16-8-11-9-23-14-5-3-2-4-13(14)17(11)26-16/h2-8H,9-10H2,1H3. The van der Waals surface area contributed by atoms with Crippen molar-refractivity contribution in [1.29, 1.82) is 0 Å². The average molecular weight is 370 g/mol. The van der Waals surface area contributed by atoms with Crippen LogP contribution in [0.5, 0.6) is 5.75 Å². The average Bonchev–Trinajstić information content (AvgIpc) is 3.32. The number of hydrogen-bond donors (Lipinski definition) is 0. The van der Waals surface area contributed by atoms with Gasteiger partial charge >= 0.3 is 11.9 Å². The van der Waals surface area contributed by atoms with Crippen LogP contribution in [0.2, 0.25) is 0 Å². The molecule has 1 aromatic carbocycles. The van der Waals surface area contributed by atoms with Crippen molar-refractivity contribution in [3.63, 3.8) is 0 Å². The third-order valence-corrected chi connectivity index (χ3v) is 5.11. The first-order chi connectivity index (χ1) is 12.7. The van der Waals surface area contributed by atoms with Gasteiger partial charge in [-0.2, -0.15) is 0 Å². The molecule has 4 rings (SSSR count). The SMILES string of the molecule is COC(=O)c1ccc(COC(=O)c2cc3c(s2)-c2ccccc2OC3)o1. The number of thiophene rings is 1. The molecule has 132 valence electrons. The number of furan rings is 1. The van der Waals surface area contributed by atoms with E-state index in [4.69, 9.17) is 13.9 Å². The Morgan fingerprint density at radius 1 is 1.15 bits per heavy atom. The number of carbonyl (C=O) groups excluding carboxylic acids is 2. The van der Waals surface area contributed by atoms with Crippen LogP contribution in [-0.4, -0.2) is 19.0 Å². The first kappa shape index (κ1) is 16.4. The van der Waals surface area contributed by atoms with E-state index in [1.807, 2.05) is 24.3 Å². The van der Waals surface area contributed by atoms with E-state index in [0.29, 0.717) is 17.2 Å². The van der Waals surface area contributed by atoms with Crippen LogP contribution < -0.4 is 4.74 Å². The molecule has 3 heterocycles. The van der Waals surface area contributed by atoms with E-state index in [1.54, 1.807) is 12.1 Å². The van der Waals surface area contributed by atoms with Gasteiger partial charge in [-0.05, 0) is 30.3 Å². The third kappa shape index (κ3) is 2.97. The Morgan fingerprint density at radius 2 is 2.00 bits per heavy atom. The van der Waals surface area contributed by atoms with Crippen molar-refractivity contribution in [3.8, 4) is 16.2 Å². The molecule has 26 heavy (non-hydrogen) atoms. The van der Waals surface area contributed by atoms with Crippen LogP contribution in [0.4, 0.5) is 0 Å². The molecular formula is C19H14O6S. The summed E-state index contributed by atoms with van der Waals surface area (Å²) in [5.41, 5.74) is 1.94. The predicted molar refractivity (Wildman–Crippen MR) is 93.3 cm³/mol. The summed E-state index contributed by atoms with van der Waals surface area (Å²) in [6.45, 7) is 0.363. The van der Waals surface area contributed by atoms with Crippen molar-refractivity contribution in [1.82, 2.24) is 0 Å². The van der Waals surface area contributed by atoms with Crippen LogP contribution in [0.15, 0.2) is 46.9 Å². The zero-order valence-electron chi connectivity index (χ0n) is 13.8. The highest BCUT2D eigenvalue weighted by molar-refractivity contribution is 7.17. The third-order valence-electron chi connectivity index (χ3n) is 3.92. The number of esters is 2. The molecule has 6 nitrogen and oxygen atoms in total. The molecule has 0 N–H and O–H groups in total. The van der Waals surface area contributed by atoms with Crippen molar-refractivity contribution >= 4 is 23.3 Å². The Hall–Kier alpha value is -3.06. The Kier molecular flexibility index (Phi) is 4.22. The van der Waals surface area contributed by atoms with Gasteiger partial charge in [-0.1, -0.05) is 12.1 Å². The second-order valence-electron chi connectivity index (χ2n) is 5.58. The molecule has 0 fully saturated rings. The lowest BCUT2D eigenvalue weighted by molar-refractivity contribution is 0.0444. The van der Waals surface area contributed by atoms with Crippen molar-refractivity contribution in [2.24, 2.45) is 0 Å². The van der Waals surface area contributed by atoms with Gasteiger partial charge in [-0.3, -0.25) is 0 Å². The number of hydrogen-bond acceptors (Lipinski definition) is 7. The Morgan fingerprint density at radius 3 is 2.85 bits per heavy atom. The molecule has 1 aliphatic rings. The number of benzene rings is 1. The number of fused-ring (bicyclic) bond motifs is 3. The van der Waals surface area contributed by atoms with Crippen LogP contribution in [0.1, 0.15) is 31.6 Å². The van der Waals surface area contributed by atoms with Crippen molar-refractivity contribution in [2.75, 3.05) is 7.11 Å². The van der Waals surface area contributed by atoms with Gasteiger partial charge in [0.05, 0.1) is 7.11 Å². The first-order valence-electron chi connectivity index (χ1n) is 7.85. The van der Waals surface area contributed by atoms with Crippen molar-refractivity contribution in [2.45, 2.75) is 13.2 Å². The molecular weight excluding hydrogens is 356 g/mol. The minimum Gasteiger partial charge on any atom is -0.488 e. The normalized spacial score (nSPS) is 11.9. The van der Waals surface area contributed by atoms with Gasteiger partial charge < -0.3 is 18.6 Å². The maximum absolute atomic E-state index is 12.4. The molecule has 0 unspecified atom stereocenters. The number of carbonyl (C=O) groups is 2. The molecule has 2 aromatic heterocycles. The van der Waals surface area contributed by atoms with E-state index < -0.39 is 11.9 Å². The lowest BCUT2D eigenvalue weighted by Crippen LogP contribution is -2.03. The van der Waals surface area contributed by atoms with Crippen LogP contribution in [0, 0.1) is 0 Å². The van der Waals surface area contributed by atoms with Gasteiger partial charge in [-0.25, -0.2) is 9.59 Å². The number of ether oxygens (including phenoxy) is 3. The Balaban J connectivity index is 1.48. The maximum atomic E-state index is 12.4. The molecule has 0 saturated heterocycles. The fraction of sp³-hybridized carbons (Fsp3) is 0.158. The molecule has 3 aromatic rings. The molecule has 0 atom stereocenters. The van der Waals surface area contributed by atoms with E-state index >= 15 is 0 Å². The smallest absolute Gasteiger partial charge is 0.373 e. The summed E-state index contributed by atoms with van der Waals surface area (Å²) in [6.07, 6.45) is 0. The number of methoxy groups -OCH3 is 1. The predicted octanol–water partition coefficient (Wildman–Crippen LogP) is 4.04. The van der Waals surface area contributed by atoms with E-state index in [1.165, 1.54) is 24.5 Å². The lowest BCUT2D eigenvalue weighted by atomic mass is 10.1. The fourth-order valence-electron chi connectivity index (χ4n) is 2.67. The van der Waals surface area contributed by atoms with Gasteiger partial charge in [-0.15, -0.1) is 11.3 Å². The summed E-state index contributed by atoms with van der Waals surface area (Å²) in [4.78, 5) is 25.2. The molecule has 0 aliphatic carbocycles. The monoisotopic (exact) mass is 370 g/mol. The van der Waals surface area contributed by atoms with E-state index in [2.05, 4.69) is 4.74 Å². The molecule has 0 saturated carbocycles. The quantitative estimate of drug-likeness (QED) is 0.645. The second-order valence-corrected chi connectivity index (χ2v) is 6.64. The summed E-state index contributed by atoms with van der Waals surface area (Å²) in [7, 11) is 1.27. The zero-order chi connectivity index (χ0) is 18.1. The Labute approximate surface area is 152 Å². The van der Waals surface area contributed by atoms with Crippen molar-refractivity contribution in [3.05, 3.63) is 64.4 Å². The minimum atomic E-state index is -0.577. The highest BCUT2D eigenvalue weighted by Crippen LogP contribution is 2.42. The van der Waals surface area contributed by atoms with Gasteiger partial charge in [0.15, 0.2) is 0 Å². The van der Waals surface area contributed by atoms with Crippen LogP contribution in [0.25, 0.3) is 10.4 Å². The highest BCUT2D eigenvalue weighted by atomic mass is 32.1. The van der Waals surface area contributed by atoms with Gasteiger partial charge in [0.25, 0.3) is 0 Å². The van der Waals surface area contributed by atoms with Crippen LogP contribution >= 0.6 is 11.3 Å². The molecule has 0 spiro atoms. The first-order valence-corrected chi connectivity index (χ1v) is 8.66. The van der Waals surface area contributed by atoms with Crippen molar-refractivity contribution < 1.29 is 28.2 Å². The summed E-state index contributed by atoms with van der Waals surface area (Å²) in [6, 6.07) is 12.6. The van der Waals surface area contributed by atoms with Crippen LogP contribution in [0.3, 0.4) is 0 Å². The number of rotatable bonds is 4. The molecule has 0 bridgehead atoms. The highest BCUT2D eigenvalue weighted by Gasteiger charge is 2.23. The molecule has 7 heteroatoms. The summed E-state index contributed by atoms with van der Waals surface area (Å²) < 4.78 is 20.8. The number of para-hydroxylation sites is 1. The molecule has 1 aliphatic heterocycles. The fourth-order valence-corrected chi connectivity index (χ4v) is 3.76. The van der Waals surface area contributed by atoms with E-state index in [9.17, 15) is 9.59 Å². The maximum Gasteiger partial charge on any atom is 0.373 e. The molecule has 0 radical (unpaired) electrons. The van der Waals surface area contributed by atoms with E-state index in [-0.39, 0.29) is 12.4 Å². The largest absolute Gasteiger partial charge is 0.488 e. The summed E-state index contributed by atoms with van der Waals surface area (Å²) in [5.74, 6) is 0.227. The van der Waals surface area contributed by atoms with E-state index in [0.717, 1.165) is 21.8 Å². The van der Waals surface area contributed by atoms with Gasteiger partial charge in [0.1, 0.15) is 29.6 Å². The summed E-state index contributed by atoms with van der Waals surface area (Å²) in [5, 5.41) is 0. The van der Waals surface area contributed by atoms with Gasteiger partial charge in [0, 0.05) is 16.0 Å². The zero-order valence-corrected chi connectivity index (χ0v) is 14.6. The Bertz CT molecular complexity index is 984. The summed E-state index contributed by atoms with van der Waals surface area (Å²) >= 11 is 1.38.